The van der Waals surface area contributed by atoms with Crippen LogP contribution in [0.2, 0.25) is 0 Å². The van der Waals surface area contributed by atoms with E-state index in [4.69, 9.17) is 4.74 Å². The number of fused-ring (bicyclic) bond motifs is 1. The van der Waals surface area contributed by atoms with Crippen molar-refractivity contribution in [2.24, 2.45) is 18.9 Å². The van der Waals surface area contributed by atoms with Crippen LogP contribution in [-0.4, -0.2) is 91.9 Å². The maximum Gasteiger partial charge on any atom is 0.416 e. The van der Waals surface area contributed by atoms with Gasteiger partial charge in [0, 0.05) is 80.9 Å². The van der Waals surface area contributed by atoms with Gasteiger partial charge in [0.2, 0.25) is 0 Å². The molecule has 2 aromatic carbocycles. The number of nitriles is 1. The first kappa shape index (κ1) is 39.7. The van der Waals surface area contributed by atoms with Crippen molar-refractivity contribution in [1.82, 2.24) is 29.5 Å². The second kappa shape index (κ2) is 14.8. The highest BCUT2D eigenvalue weighted by atomic mass is 19.4. The molecule has 56 heavy (non-hydrogen) atoms. The maximum absolute atomic E-state index is 14.7. The van der Waals surface area contributed by atoms with Gasteiger partial charge in [-0.3, -0.25) is 14.6 Å². The molecule has 0 radical (unpaired) electrons. The molecule has 1 aromatic heterocycles. The number of hydrogen-bond acceptors (Lipinski definition) is 8. The summed E-state index contributed by atoms with van der Waals surface area (Å²) in [6, 6.07) is 12.7. The van der Waals surface area contributed by atoms with Crippen LogP contribution < -0.4 is 4.90 Å². The van der Waals surface area contributed by atoms with Crippen LogP contribution in [0.15, 0.2) is 42.7 Å². The average molecular weight is 775 g/mol. The number of ether oxygens (including phenoxy) is 1. The Morgan fingerprint density at radius 2 is 1.86 bits per heavy atom. The van der Waals surface area contributed by atoms with E-state index < -0.39 is 28.7 Å². The Kier molecular flexibility index (Phi) is 10.5. The first-order valence-corrected chi connectivity index (χ1v) is 19.7. The largest absolute Gasteiger partial charge is 0.444 e. The summed E-state index contributed by atoms with van der Waals surface area (Å²) >= 11 is 0. The van der Waals surface area contributed by atoms with Gasteiger partial charge in [-0.2, -0.15) is 18.4 Å². The summed E-state index contributed by atoms with van der Waals surface area (Å²) in [6.45, 7) is 14.2. The number of piperazine rings is 1. The fraction of sp³-hybridized carbons (Fsp3) is 0.595. The van der Waals surface area contributed by atoms with Gasteiger partial charge < -0.3 is 19.1 Å². The van der Waals surface area contributed by atoms with Gasteiger partial charge in [0.25, 0.3) is 5.91 Å². The van der Waals surface area contributed by atoms with Crippen LogP contribution in [0.5, 0.6) is 0 Å². The van der Waals surface area contributed by atoms with E-state index in [-0.39, 0.29) is 35.2 Å². The lowest BCUT2D eigenvalue weighted by Crippen LogP contribution is -2.62. The van der Waals surface area contributed by atoms with Crippen LogP contribution in [0.1, 0.15) is 98.7 Å². The van der Waals surface area contributed by atoms with Crippen LogP contribution in [-0.2, 0) is 42.9 Å². The molecule has 3 aliphatic heterocycles. The van der Waals surface area contributed by atoms with E-state index in [0.717, 1.165) is 43.9 Å². The third-order valence-corrected chi connectivity index (χ3v) is 12.1. The minimum Gasteiger partial charge on any atom is -0.444 e. The standard InChI is InChI=1S/C42H53F3N8O3/c1-39(2,3)56-38(55)51-13-14-52(40(4,5)26-51)24-28-9-8-12-50(22-28)23-29-15-33-34(35(16-29)42(43,44)45)25-53(37(33)54)32-11-7-10-31(17-32)41(18-30(19-41)21-46)20-36-48-47-27-49(36)6/h7,10-11,15-17,27-28,30H,8-9,12-14,18-20,22-26H2,1-6H3/t28-,30?,41?/m0/s1. The molecule has 7 rings (SSSR count). The molecule has 1 aliphatic carbocycles. The van der Waals surface area contributed by atoms with Crippen molar-refractivity contribution in [2.75, 3.05) is 44.2 Å². The summed E-state index contributed by atoms with van der Waals surface area (Å²) in [5.41, 5.74) is 0.0552. The number of benzene rings is 2. The molecule has 2 amide bonds. The lowest BCUT2D eigenvalue weighted by atomic mass is 9.57. The molecule has 0 N–H and O–H groups in total. The van der Waals surface area contributed by atoms with Crippen LogP contribution in [0.25, 0.3) is 0 Å². The molecule has 0 bridgehead atoms. The second-order valence-electron chi connectivity index (χ2n) is 18.1. The number of amides is 2. The number of hydrogen-bond donors (Lipinski definition) is 0. The topological polar surface area (TPSA) is 111 Å². The third kappa shape index (κ3) is 8.16. The van der Waals surface area contributed by atoms with Crippen molar-refractivity contribution >= 4 is 17.7 Å². The number of aryl methyl sites for hydroxylation is 1. The third-order valence-electron chi connectivity index (χ3n) is 12.1. The molecule has 4 heterocycles. The van der Waals surface area contributed by atoms with E-state index in [1.807, 2.05) is 50.6 Å². The van der Waals surface area contributed by atoms with Gasteiger partial charge in [0.05, 0.1) is 18.2 Å². The molecule has 11 nitrogen and oxygen atoms in total. The number of piperidine rings is 1. The van der Waals surface area contributed by atoms with Gasteiger partial charge in [-0.1, -0.05) is 12.1 Å². The van der Waals surface area contributed by atoms with Crippen LogP contribution in [0.3, 0.4) is 0 Å². The highest BCUT2D eigenvalue weighted by Gasteiger charge is 2.47. The number of anilines is 1. The number of halogens is 3. The molecular formula is C42H53F3N8O3. The van der Waals surface area contributed by atoms with E-state index in [9.17, 15) is 28.0 Å². The number of alkyl halides is 3. The molecule has 4 aliphatic rings. The van der Waals surface area contributed by atoms with Crippen molar-refractivity contribution in [3.05, 3.63) is 76.4 Å². The fourth-order valence-corrected chi connectivity index (χ4v) is 9.28. The summed E-state index contributed by atoms with van der Waals surface area (Å²) in [5.74, 6) is 0.536. The number of carbonyl (C=O) groups is 2. The quantitative estimate of drug-likeness (QED) is 0.242. The van der Waals surface area contributed by atoms with Crippen LogP contribution in [0, 0.1) is 23.2 Å². The first-order valence-electron chi connectivity index (χ1n) is 19.7. The lowest BCUT2D eigenvalue weighted by molar-refractivity contribution is -0.138. The Morgan fingerprint density at radius 3 is 2.52 bits per heavy atom. The molecule has 0 spiro atoms. The summed E-state index contributed by atoms with van der Waals surface area (Å²) in [6.07, 6.45) is 0.440. The van der Waals surface area contributed by atoms with Crippen molar-refractivity contribution in [2.45, 2.75) is 103 Å². The van der Waals surface area contributed by atoms with Gasteiger partial charge in [-0.05, 0) is 114 Å². The van der Waals surface area contributed by atoms with Gasteiger partial charge in [0.15, 0.2) is 0 Å². The van der Waals surface area contributed by atoms with Gasteiger partial charge in [0.1, 0.15) is 17.8 Å². The first-order chi connectivity index (χ1) is 26.3. The summed E-state index contributed by atoms with van der Waals surface area (Å²) in [7, 11) is 1.87. The Hall–Kier alpha value is -4.48. The SMILES string of the molecule is Cn1cnnc1CC1(c2cccc(N3Cc4c(cc(CN5CCC[C@H](CN6CCN(C(=O)OC(C)(C)C)CC6(C)C)C5)cc4C(F)(F)F)C3=O)c2)CC(C#N)C1. The highest BCUT2D eigenvalue weighted by molar-refractivity contribution is 6.10. The maximum atomic E-state index is 14.7. The molecule has 2 saturated heterocycles. The molecule has 300 valence electrons. The Morgan fingerprint density at radius 1 is 1.09 bits per heavy atom. The summed E-state index contributed by atoms with van der Waals surface area (Å²) in [4.78, 5) is 34.7. The average Bonchev–Trinajstić information content (AvgIpc) is 3.66. The minimum atomic E-state index is -4.63. The Labute approximate surface area is 327 Å². The zero-order valence-corrected chi connectivity index (χ0v) is 33.3. The predicted octanol–water partition coefficient (Wildman–Crippen LogP) is 6.95. The Bertz CT molecular complexity index is 2010. The molecular weight excluding hydrogens is 722 g/mol. The number of aromatic nitrogens is 3. The zero-order chi connectivity index (χ0) is 40.2. The molecule has 14 heteroatoms. The highest BCUT2D eigenvalue weighted by Crippen LogP contribution is 2.50. The van der Waals surface area contributed by atoms with Crippen molar-refractivity contribution in [3.8, 4) is 6.07 Å². The number of rotatable bonds is 8. The van der Waals surface area contributed by atoms with Crippen LogP contribution >= 0.6 is 0 Å². The van der Waals surface area contributed by atoms with Gasteiger partial charge >= 0.3 is 12.3 Å². The van der Waals surface area contributed by atoms with Gasteiger partial charge in [-0.25, -0.2) is 4.79 Å². The Balaban J connectivity index is 1.06. The second-order valence-corrected chi connectivity index (χ2v) is 18.1. The smallest absolute Gasteiger partial charge is 0.416 e. The van der Waals surface area contributed by atoms with E-state index in [0.29, 0.717) is 62.6 Å². The molecule has 3 fully saturated rings. The van der Waals surface area contributed by atoms with E-state index in [1.54, 1.807) is 23.4 Å². The summed E-state index contributed by atoms with van der Waals surface area (Å²) < 4.78 is 51.7. The summed E-state index contributed by atoms with van der Waals surface area (Å²) in [5, 5.41) is 17.9. The molecule has 3 aromatic rings. The minimum absolute atomic E-state index is 0.00270. The number of carbonyl (C=O) groups excluding carboxylic acids is 2. The van der Waals surface area contributed by atoms with Crippen LogP contribution in [0.4, 0.5) is 23.7 Å². The van der Waals surface area contributed by atoms with E-state index >= 15 is 0 Å². The predicted molar refractivity (Wildman–Crippen MR) is 205 cm³/mol. The molecule has 1 atom stereocenters. The molecule has 0 unspecified atom stereocenters. The van der Waals surface area contributed by atoms with E-state index in [2.05, 4.69) is 39.9 Å². The van der Waals surface area contributed by atoms with Crippen molar-refractivity contribution in [1.29, 1.82) is 5.26 Å². The normalized spacial score (nSPS) is 24.5. The number of nitrogens with zero attached hydrogens (tertiary/aromatic N) is 8. The van der Waals surface area contributed by atoms with Gasteiger partial charge in [-0.15, -0.1) is 10.2 Å². The number of likely N-dealkylation sites (tertiary alicyclic amines) is 1. The van der Waals surface area contributed by atoms with Crippen molar-refractivity contribution in [3.63, 3.8) is 0 Å². The molecule has 1 saturated carbocycles. The fourth-order valence-electron chi connectivity index (χ4n) is 9.28. The zero-order valence-electron chi connectivity index (χ0n) is 33.3. The lowest BCUT2D eigenvalue weighted by Gasteiger charge is -2.49. The van der Waals surface area contributed by atoms with Crippen molar-refractivity contribution < 1.29 is 27.5 Å². The van der Waals surface area contributed by atoms with E-state index in [1.165, 1.54) is 11.0 Å². The monoisotopic (exact) mass is 774 g/mol.